The van der Waals surface area contributed by atoms with Crippen molar-refractivity contribution >= 4 is 0 Å². The van der Waals surface area contributed by atoms with Crippen LogP contribution < -0.4 is 5.32 Å². The van der Waals surface area contributed by atoms with Gasteiger partial charge in [0.2, 0.25) is 0 Å². The Morgan fingerprint density at radius 2 is 1.81 bits per heavy atom. The van der Waals surface area contributed by atoms with Crippen LogP contribution in [-0.4, -0.2) is 23.9 Å². The number of benzene rings is 1. The number of aliphatic hydroxyl groups excluding tert-OH is 1. The zero-order valence-electron chi connectivity index (χ0n) is 8.67. The predicted molar refractivity (Wildman–Crippen MR) is 54.8 cm³/mol. The standard InChI is InChI=1S/C11H14F3NO/c12-11(13,14)6-10(16)8-15-7-9-4-2-1-3-5-9/h1-5,10,15-16H,6-8H2/t10-/m0/s1. The minimum absolute atomic E-state index is 0.0611. The molecule has 0 bridgehead atoms. The molecule has 1 atom stereocenters. The van der Waals surface area contributed by atoms with Crippen LogP contribution in [0.25, 0.3) is 0 Å². The molecular weight excluding hydrogens is 219 g/mol. The maximum atomic E-state index is 11.9. The molecule has 5 heteroatoms. The number of nitrogens with one attached hydrogen (secondary N) is 1. The lowest BCUT2D eigenvalue weighted by Gasteiger charge is -2.13. The summed E-state index contributed by atoms with van der Waals surface area (Å²) in [6.45, 7) is 0.393. The van der Waals surface area contributed by atoms with Gasteiger partial charge >= 0.3 is 6.18 Å². The average Bonchev–Trinajstić information content (AvgIpc) is 2.16. The molecule has 0 aliphatic rings. The first-order valence-corrected chi connectivity index (χ1v) is 4.97. The van der Waals surface area contributed by atoms with Crippen LogP contribution in [0.5, 0.6) is 0 Å². The van der Waals surface area contributed by atoms with Crippen molar-refractivity contribution in [3.05, 3.63) is 35.9 Å². The van der Waals surface area contributed by atoms with Crippen molar-refractivity contribution in [2.75, 3.05) is 6.54 Å². The van der Waals surface area contributed by atoms with Crippen molar-refractivity contribution in [2.45, 2.75) is 25.2 Å². The average molecular weight is 233 g/mol. The monoisotopic (exact) mass is 233 g/mol. The first kappa shape index (κ1) is 13.0. The van der Waals surface area contributed by atoms with E-state index in [1.54, 1.807) is 0 Å². The molecular formula is C11H14F3NO. The Hall–Kier alpha value is -1.07. The van der Waals surface area contributed by atoms with Gasteiger partial charge in [-0.3, -0.25) is 0 Å². The van der Waals surface area contributed by atoms with E-state index in [1.165, 1.54) is 0 Å². The van der Waals surface area contributed by atoms with E-state index < -0.39 is 18.7 Å². The fraction of sp³-hybridized carbons (Fsp3) is 0.455. The third-order valence-electron chi connectivity index (χ3n) is 2.02. The van der Waals surface area contributed by atoms with Crippen LogP contribution in [0.4, 0.5) is 13.2 Å². The lowest BCUT2D eigenvalue weighted by Crippen LogP contribution is -2.30. The van der Waals surface area contributed by atoms with E-state index in [9.17, 15) is 13.2 Å². The molecule has 0 saturated heterocycles. The summed E-state index contributed by atoms with van der Waals surface area (Å²) in [6.07, 6.45) is -6.87. The SMILES string of the molecule is O[C@H](CNCc1ccccc1)CC(F)(F)F. The van der Waals surface area contributed by atoms with Crippen LogP contribution in [0, 0.1) is 0 Å². The zero-order valence-corrected chi connectivity index (χ0v) is 8.67. The Bertz CT molecular complexity index is 300. The van der Waals surface area contributed by atoms with Crippen molar-refractivity contribution in [3.8, 4) is 0 Å². The molecule has 2 N–H and O–H groups in total. The molecule has 0 radical (unpaired) electrons. The van der Waals surface area contributed by atoms with Gasteiger partial charge in [-0.05, 0) is 5.56 Å². The van der Waals surface area contributed by atoms with E-state index in [0.29, 0.717) is 6.54 Å². The Morgan fingerprint density at radius 3 is 2.38 bits per heavy atom. The number of alkyl halides is 3. The lowest BCUT2D eigenvalue weighted by molar-refractivity contribution is -0.152. The quantitative estimate of drug-likeness (QED) is 0.816. The fourth-order valence-electron chi connectivity index (χ4n) is 1.32. The van der Waals surface area contributed by atoms with Gasteiger partial charge in [0, 0.05) is 13.1 Å². The van der Waals surface area contributed by atoms with E-state index in [1.807, 2.05) is 30.3 Å². The molecule has 16 heavy (non-hydrogen) atoms. The van der Waals surface area contributed by atoms with Crippen LogP contribution in [-0.2, 0) is 6.54 Å². The zero-order chi connectivity index (χ0) is 12.0. The van der Waals surface area contributed by atoms with E-state index in [4.69, 9.17) is 5.11 Å². The number of aliphatic hydroxyl groups is 1. The van der Waals surface area contributed by atoms with E-state index in [2.05, 4.69) is 5.32 Å². The molecule has 1 rings (SSSR count). The highest BCUT2D eigenvalue weighted by atomic mass is 19.4. The second kappa shape index (κ2) is 5.86. The van der Waals surface area contributed by atoms with Gasteiger partial charge in [-0.25, -0.2) is 0 Å². The highest BCUT2D eigenvalue weighted by molar-refractivity contribution is 5.14. The summed E-state index contributed by atoms with van der Waals surface area (Å²) in [5.41, 5.74) is 0.974. The van der Waals surface area contributed by atoms with Crippen LogP contribution in [0.1, 0.15) is 12.0 Å². The minimum Gasteiger partial charge on any atom is -0.391 e. The van der Waals surface area contributed by atoms with Crippen molar-refractivity contribution in [1.29, 1.82) is 0 Å². The Labute approximate surface area is 92.1 Å². The predicted octanol–water partition coefficient (Wildman–Crippen LogP) is 2.09. The summed E-state index contributed by atoms with van der Waals surface area (Å²) in [6, 6.07) is 9.29. The normalized spacial score (nSPS) is 13.8. The van der Waals surface area contributed by atoms with Crippen LogP contribution in [0.3, 0.4) is 0 Å². The number of halogens is 3. The van der Waals surface area contributed by atoms with Gasteiger partial charge < -0.3 is 10.4 Å². The molecule has 0 fully saturated rings. The van der Waals surface area contributed by atoms with Crippen LogP contribution >= 0.6 is 0 Å². The summed E-state index contributed by atoms with van der Waals surface area (Å²) >= 11 is 0. The summed E-state index contributed by atoms with van der Waals surface area (Å²) in [5, 5.41) is 11.9. The maximum absolute atomic E-state index is 11.9. The molecule has 0 spiro atoms. The molecule has 0 amide bonds. The summed E-state index contributed by atoms with van der Waals surface area (Å²) in [4.78, 5) is 0. The molecule has 1 aromatic rings. The molecule has 0 heterocycles. The number of rotatable bonds is 5. The van der Waals surface area contributed by atoms with E-state index >= 15 is 0 Å². The van der Waals surface area contributed by atoms with Crippen LogP contribution in [0.15, 0.2) is 30.3 Å². The second-order valence-corrected chi connectivity index (χ2v) is 3.59. The van der Waals surface area contributed by atoms with E-state index in [0.717, 1.165) is 5.56 Å². The molecule has 0 aromatic heterocycles. The van der Waals surface area contributed by atoms with E-state index in [-0.39, 0.29) is 6.54 Å². The third-order valence-corrected chi connectivity index (χ3v) is 2.02. The van der Waals surface area contributed by atoms with Crippen LogP contribution in [0.2, 0.25) is 0 Å². The fourth-order valence-corrected chi connectivity index (χ4v) is 1.32. The van der Waals surface area contributed by atoms with Crippen molar-refractivity contribution < 1.29 is 18.3 Å². The van der Waals surface area contributed by atoms with Gasteiger partial charge in [0.1, 0.15) is 0 Å². The second-order valence-electron chi connectivity index (χ2n) is 3.59. The summed E-state index contributed by atoms with van der Waals surface area (Å²) in [7, 11) is 0. The Kier molecular flexibility index (Phi) is 4.76. The smallest absolute Gasteiger partial charge is 0.391 e. The molecule has 0 saturated carbocycles. The minimum atomic E-state index is -4.31. The largest absolute Gasteiger partial charge is 0.391 e. The molecule has 0 aliphatic carbocycles. The highest BCUT2D eigenvalue weighted by Crippen LogP contribution is 2.21. The first-order valence-electron chi connectivity index (χ1n) is 4.97. The van der Waals surface area contributed by atoms with Gasteiger partial charge in [-0.15, -0.1) is 0 Å². The molecule has 0 aliphatic heterocycles. The van der Waals surface area contributed by atoms with Crippen molar-refractivity contribution in [3.63, 3.8) is 0 Å². The molecule has 0 unspecified atom stereocenters. The number of hydrogen-bond donors (Lipinski definition) is 2. The first-order chi connectivity index (χ1) is 7.47. The molecule has 90 valence electrons. The Balaban J connectivity index is 2.21. The Morgan fingerprint density at radius 1 is 1.19 bits per heavy atom. The van der Waals surface area contributed by atoms with Gasteiger partial charge in [-0.2, -0.15) is 13.2 Å². The third kappa shape index (κ3) is 5.72. The lowest BCUT2D eigenvalue weighted by atomic mass is 10.2. The summed E-state index contributed by atoms with van der Waals surface area (Å²) < 4.78 is 35.6. The van der Waals surface area contributed by atoms with Crippen molar-refractivity contribution in [1.82, 2.24) is 5.32 Å². The van der Waals surface area contributed by atoms with Crippen molar-refractivity contribution in [2.24, 2.45) is 0 Å². The number of hydrogen-bond acceptors (Lipinski definition) is 2. The summed E-state index contributed by atoms with van der Waals surface area (Å²) in [5.74, 6) is 0. The molecule has 2 nitrogen and oxygen atoms in total. The van der Waals surface area contributed by atoms with Gasteiger partial charge in [-0.1, -0.05) is 30.3 Å². The molecule has 1 aromatic carbocycles. The highest BCUT2D eigenvalue weighted by Gasteiger charge is 2.30. The topological polar surface area (TPSA) is 32.3 Å². The van der Waals surface area contributed by atoms with Gasteiger partial charge in [0.25, 0.3) is 0 Å². The van der Waals surface area contributed by atoms with Gasteiger partial charge in [0.15, 0.2) is 0 Å². The maximum Gasteiger partial charge on any atom is 0.391 e. The van der Waals surface area contributed by atoms with Gasteiger partial charge in [0.05, 0.1) is 12.5 Å².